The molecule has 4 aromatic rings. The molecule has 0 spiro atoms. The summed E-state index contributed by atoms with van der Waals surface area (Å²) in [5.74, 6) is 3.75. The van der Waals surface area contributed by atoms with Crippen LogP contribution in [0.15, 0.2) is 71.2 Å². The van der Waals surface area contributed by atoms with Gasteiger partial charge in [0.25, 0.3) is 5.91 Å². The first-order valence-corrected chi connectivity index (χ1v) is 17.4. The minimum absolute atomic E-state index is 0.104. The molecule has 6 heteroatoms. The van der Waals surface area contributed by atoms with Crippen LogP contribution >= 0.6 is 15.9 Å². The highest BCUT2D eigenvalue weighted by Gasteiger charge is 2.34. The van der Waals surface area contributed by atoms with Crippen molar-refractivity contribution in [2.24, 2.45) is 0 Å². The molecule has 1 amide bonds. The van der Waals surface area contributed by atoms with Crippen LogP contribution < -0.4 is 4.74 Å². The summed E-state index contributed by atoms with van der Waals surface area (Å²) in [4.78, 5) is 19.0. The molecule has 4 nitrogen and oxygen atoms in total. The van der Waals surface area contributed by atoms with Crippen LogP contribution in [0.3, 0.4) is 0 Å². The zero-order chi connectivity index (χ0) is 27.0. The number of nitrogens with zero attached hydrogens (tertiary/aromatic N) is 1. The zero-order valence-electron chi connectivity index (χ0n) is 22.6. The maximum Gasteiger partial charge on any atom is 0.298 e. The number of hydrogen-bond donors (Lipinski definition) is 1. The van der Waals surface area contributed by atoms with Gasteiger partial charge in [-0.1, -0.05) is 72.0 Å². The number of nitrogens with one attached hydrogen (secondary N) is 1. The SMILES string of the molecule is CC(C)Oc1ccc(-c2ccc(C3c4[nH]c5ccc(Br)cc5c4CCN3C(=O)C#C[Si](C)(C)C)cc2)cc1. The van der Waals surface area contributed by atoms with E-state index in [0.717, 1.165) is 44.5 Å². The molecule has 1 aromatic heterocycles. The molecule has 1 atom stereocenters. The second kappa shape index (κ2) is 10.5. The number of benzene rings is 3. The maximum atomic E-state index is 13.4. The Labute approximate surface area is 234 Å². The second-order valence-corrected chi connectivity index (χ2v) is 16.8. The average molecular weight is 586 g/mol. The maximum absolute atomic E-state index is 13.4. The molecule has 1 unspecified atom stereocenters. The summed E-state index contributed by atoms with van der Waals surface area (Å²) < 4.78 is 6.84. The number of fused-ring (bicyclic) bond motifs is 3. The smallest absolute Gasteiger partial charge is 0.298 e. The van der Waals surface area contributed by atoms with Crippen LogP contribution in [0.1, 0.15) is 36.7 Å². The van der Waals surface area contributed by atoms with Gasteiger partial charge in [-0.05, 0) is 78.8 Å². The molecule has 1 N–H and O–H groups in total. The van der Waals surface area contributed by atoms with Gasteiger partial charge in [0.15, 0.2) is 0 Å². The number of aromatic amines is 1. The number of carbonyl (C=O) groups excluding carboxylic acids is 1. The lowest BCUT2D eigenvalue weighted by molar-refractivity contribution is -0.127. The number of aromatic nitrogens is 1. The fraction of sp³-hybridized carbons (Fsp3) is 0.281. The predicted octanol–water partition coefficient (Wildman–Crippen LogP) is 7.74. The minimum atomic E-state index is -1.68. The van der Waals surface area contributed by atoms with Crippen LogP contribution in [0.2, 0.25) is 19.6 Å². The van der Waals surface area contributed by atoms with Crippen molar-refractivity contribution in [2.45, 2.75) is 52.1 Å². The Kier molecular flexibility index (Phi) is 7.26. The van der Waals surface area contributed by atoms with Crippen LogP contribution in [-0.4, -0.2) is 36.5 Å². The van der Waals surface area contributed by atoms with E-state index in [9.17, 15) is 4.79 Å². The van der Waals surface area contributed by atoms with Crippen molar-refractivity contribution in [1.29, 1.82) is 0 Å². The van der Waals surface area contributed by atoms with Crippen molar-refractivity contribution < 1.29 is 9.53 Å². The lowest BCUT2D eigenvalue weighted by Crippen LogP contribution is -2.40. The van der Waals surface area contributed by atoms with E-state index in [1.54, 1.807) is 0 Å². The van der Waals surface area contributed by atoms with Crippen LogP contribution in [0.5, 0.6) is 5.75 Å². The van der Waals surface area contributed by atoms with Crippen molar-refractivity contribution in [1.82, 2.24) is 9.88 Å². The highest BCUT2D eigenvalue weighted by atomic mass is 79.9. The molecule has 194 valence electrons. The quantitative estimate of drug-likeness (QED) is 0.197. The van der Waals surface area contributed by atoms with Gasteiger partial charge < -0.3 is 14.6 Å². The molecule has 1 aliphatic rings. The highest BCUT2D eigenvalue weighted by molar-refractivity contribution is 9.10. The van der Waals surface area contributed by atoms with E-state index in [1.165, 1.54) is 10.9 Å². The molecule has 0 saturated carbocycles. The number of hydrogen-bond acceptors (Lipinski definition) is 2. The summed E-state index contributed by atoms with van der Waals surface area (Å²) in [5, 5.41) is 1.21. The lowest BCUT2D eigenvalue weighted by atomic mass is 9.91. The first-order chi connectivity index (χ1) is 18.1. The minimum Gasteiger partial charge on any atom is -0.491 e. The number of carbonyl (C=O) groups is 1. The van der Waals surface area contributed by atoms with E-state index >= 15 is 0 Å². The van der Waals surface area contributed by atoms with Gasteiger partial charge in [0.2, 0.25) is 0 Å². The van der Waals surface area contributed by atoms with Crippen LogP contribution in [0.25, 0.3) is 22.0 Å². The van der Waals surface area contributed by atoms with E-state index < -0.39 is 8.07 Å². The molecule has 0 aliphatic carbocycles. The fourth-order valence-corrected chi connectivity index (χ4v) is 5.84. The Bertz CT molecular complexity index is 1540. The number of rotatable bonds is 4. The van der Waals surface area contributed by atoms with E-state index in [2.05, 4.69) is 101 Å². The highest BCUT2D eigenvalue weighted by Crippen LogP contribution is 2.39. The molecule has 0 saturated heterocycles. The van der Waals surface area contributed by atoms with Gasteiger partial charge in [0, 0.05) is 27.6 Å². The summed E-state index contributed by atoms with van der Waals surface area (Å²) in [7, 11) is -1.68. The second-order valence-electron chi connectivity index (χ2n) is 11.2. The number of halogens is 1. The van der Waals surface area contributed by atoms with Gasteiger partial charge in [0.1, 0.15) is 13.8 Å². The first kappa shape index (κ1) is 26.3. The Morgan fingerprint density at radius 3 is 2.32 bits per heavy atom. The molecule has 3 aromatic carbocycles. The summed E-state index contributed by atoms with van der Waals surface area (Å²) in [5.41, 5.74) is 10.0. The van der Waals surface area contributed by atoms with Gasteiger partial charge >= 0.3 is 0 Å². The third kappa shape index (κ3) is 5.60. The molecular formula is C32H33BrN2O2Si. The Morgan fingerprint density at radius 2 is 1.68 bits per heavy atom. The van der Waals surface area contributed by atoms with Crippen molar-refractivity contribution in [3.8, 4) is 28.3 Å². The van der Waals surface area contributed by atoms with Gasteiger partial charge in [0.05, 0.1) is 12.1 Å². The Balaban J connectivity index is 1.53. The van der Waals surface area contributed by atoms with E-state index in [-0.39, 0.29) is 18.1 Å². The van der Waals surface area contributed by atoms with E-state index in [0.29, 0.717) is 6.54 Å². The molecule has 38 heavy (non-hydrogen) atoms. The fourth-order valence-electron chi connectivity index (χ4n) is 4.99. The number of H-pyrrole nitrogens is 1. The molecule has 5 rings (SSSR count). The normalized spacial score (nSPS) is 15.2. The van der Waals surface area contributed by atoms with Crippen molar-refractivity contribution in [2.75, 3.05) is 6.54 Å². The van der Waals surface area contributed by atoms with Crippen LogP contribution in [0, 0.1) is 11.5 Å². The zero-order valence-corrected chi connectivity index (χ0v) is 25.1. The third-order valence-electron chi connectivity index (χ3n) is 6.68. The third-order valence-corrected chi connectivity index (χ3v) is 8.05. The topological polar surface area (TPSA) is 45.3 Å². The average Bonchev–Trinajstić information content (AvgIpc) is 3.24. The predicted molar refractivity (Wildman–Crippen MR) is 162 cm³/mol. The van der Waals surface area contributed by atoms with E-state index in [4.69, 9.17) is 4.74 Å². The Morgan fingerprint density at radius 1 is 1.03 bits per heavy atom. The van der Waals surface area contributed by atoms with Crippen LogP contribution in [-0.2, 0) is 11.2 Å². The first-order valence-electron chi connectivity index (χ1n) is 13.1. The summed E-state index contributed by atoms with van der Waals surface area (Å²) in [6.45, 7) is 11.2. The van der Waals surface area contributed by atoms with Gasteiger partial charge in [-0.25, -0.2) is 0 Å². The monoisotopic (exact) mass is 584 g/mol. The summed E-state index contributed by atoms with van der Waals surface area (Å²) in [6.07, 6.45) is 0.943. The lowest BCUT2D eigenvalue weighted by Gasteiger charge is -2.35. The van der Waals surface area contributed by atoms with Gasteiger partial charge in [-0.3, -0.25) is 4.79 Å². The molecular weight excluding hydrogens is 552 g/mol. The molecule has 0 bridgehead atoms. The molecule has 0 fully saturated rings. The number of ether oxygens (including phenoxy) is 1. The van der Waals surface area contributed by atoms with Gasteiger partial charge in [-0.2, -0.15) is 0 Å². The van der Waals surface area contributed by atoms with Crippen molar-refractivity contribution in [3.63, 3.8) is 0 Å². The summed E-state index contributed by atoms with van der Waals surface area (Å²) in [6, 6.07) is 22.8. The largest absolute Gasteiger partial charge is 0.491 e. The molecule has 0 radical (unpaired) electrons. The standard InChI is InChI=1S/C32H33BrN2O2Si/c1-21(2)37-26-13-10-23(11-14-26)22-6-8-24(9-7-22)32-31-27(28-20-25(33)12-15-29(28)34-31)16-18-35(32)30(36)17-19-38(3,4)5/h6-15,20-21,32,34H,16,18H2,1-5H3. The summed E-state index contributed by atoms with van der Waals surface area (Å²) >= 11 is 3.62. The van der Waals surface area contributed by atoms with E-state index in [1.807, 2.05) is 36.9 Å². The number of amides is 1. The molecule has 2 heterocycles. The van der Waals surface area contributed by atoms with Crippen LogP contribution in [0.4, 0.5) is 0 Å². The Hall–Kier alpha value is -3.27. The van der Waals surface area contributed by atoms with Crippen molar-refractivity contribution in [3.05, 3.63) is 88.0 Å². The molecule has 1 aliphatic heterocycles. The van der Waals surface area contributed by atoms with Crippen molar-refractivity contribution >= 4 is 40.8 Å². The van der Waals surface area contributed by atoms with Gasteiger partial charge in [-0.15, -0.1) is 5.54 Å².